The highest BCUT2D eigenvalue weighted by Gasteiger charge is 2.23. The van der Waals surface area contributed by atoms with Crippen molar-refractivity contribution >= 4 is 34.0 Å². The molecule has 2 N–H and O–H groups in total. The molecule has 5 aromatic rings. The molecule has 1 aliphatic heterocycles. The minimum atomic E-state index is -0.542. The lowest BCUT2D eigenvalue weighted by Gasteiger charge is -2.32. The summed E-state index contributed by atoms with van der Waals surface area (Å²) in [6, 6.07) is 17.7. The monoisotopic (exact) mass is 608 g/mol. The molecule has 0 radical (unpaired) electrons. The molecule has 2 aromatic heterocycles. The van der Waals surface area contributed by atoms with Gasteiger partial charge in [0.1, 0.15) is 41.0 Å². The lowest BCUT2D eigenvalue weighted by molar-refractivity contribution is -0.126. The number of likely N-dealkylation sites (tertiary alicyclic amines) is 1. The number of amides is 1. The van der Waals surface area contributed by atoms with E-state index in [1.54, 1.807) is 54.6 Å². The first-order chi connectivity index (χ1) is 21.9. The van der Waals surface area contributed by atoms with Gasteiger partial charge in [-0.1, -0.05) is 6.58 Å². The van der Waals surface area contributed by atoms with Crippen LogP contribution in [0.5, 0.6) is 17.2 Å². The van der Waals surface area contributed by atoms with E-state index >= 15 is 4.39 Å². The minimum Gasteiger partial charge on any atom is -0.495 e. The number of hydrogen-bond acceptors (Lipinski definition) is 8. The van der Waals surface area contributed by atoms with Gasteiger partial charge in [-0.2, -0.15) is 0 Å². The smallest absolute Gasteiger partial charge is 0.245 e. The average molecular weight is 609 g/mol. The summed E-state index contributed by atoms with van der Waals surface area (Å²) in [7, 11) is 1.59. The van der Waals surface area contributed by atoms with Gasteiger partial charge in [0.15, 0.2) is 0 Å². The highest BCUT2D eigenvalue weighted by Crippen LogP contribution is 2.35. The molecule has 1 amide bonds. The molecule has 0 bridgehead atoms. The maximum Gasteiger partial charge on any atom is 0.245 e. The van der Waals surface area contributed by atoms with E-state index in [9.17, 15) is 9.18 Å². The molecule has 11 heteroatoms. The standard InChI is InChI=1S/C34H30F2N6O3/c1-3-33(43)42-14-11-23(12-15-42)40-31-18-26-30(19-32(31)44-2)38-20-39-34(26)41-28-9-8-24(16-27(28)36)45-25-10-13-37-29(17-25)21-4-6-22(35)7-5-21/h3-10,13,16-20,23,40H,1,11-12,14-15H2,2H3,(H,38,39,41). The van der Waals surface area contributed by atoms with Gasteiger partial charge in [0.25, 0.3) is 0 Å². The fourth-order valence-corrected chi connectivity index (χ4v) is 5.24. The number of aromatic nitrogens is 3. The molecule has 9 nitrogen and oxygen atoms in total. The van der Waals surface area contributed by atoms with Crippen LogP contribution in [0.25, 0.3) is 22.2 Å². The van der Waals surface area contributed by atoms with Crippen LogP contribution < -0.4 is 20.1 Å². The third-order valence-electron chi connectivity index (χ3n) is 7.60. The molecule has 6 rings (SSSR count). The van der Waals surface area contributed by atoms with Crippen molar-refractivity contribution in [3.05, 3.63) is 104 Å². The summed E-state index contributed by atoms with van der Waals surface area (Å²) in [5.41, 5.74) is 2.90. The van der Waals surface area contributed by atoms with Gasteiger partial charge in [0.2, 0.25) is 5.91 Å². The largest absolute Gasteiger partial charge is 0.495 e. The SMILES string of the molecule is C=CC(=O)N1CCC(Nc2cc3c(Nc4ccc(Oc5ccnc(-c6ccc(F)cc6)c5)cc4F)ncnc3cc2OC)CC1. The van der Waals surface area contributed by atoms with E-state index < -0.39 is 5.82 Å². The van der Waals surface area contributed by atoms with Crippen molar-refractivity contribution in [2.45, 2.75) is 18.9 Å². The first-order valence-electron chi connectivity index (χ1n) is 14.4. The Morgan fingerprint density at radius 3 is 2.47 bits per heavy atom. The zero-order valence-corrected chi connectivity index (χ0v) is 24.5. The van der Waals surface area contributed by atoms with E-state index in [4.69, 9.17) is 9.47 Å². The number of ether oxygens (including phenoxy) is 2. The first-order valence-corrected chi connectivity index (χ1v) is 14.4. The van der Waals surface area contributed by atoms with Crippen LogP contribution in [-0.4, -0.2) is 52.0 Å². The topological polar surface area (TPSA) is 102 Å². The maximum atomic E-state index is 15.3. The Morgan fingerprint density at radius 2 is 1.73 bits per heavy atom. The van der Waals surface area contributed by atoms with Crippen molar-refractivity contribution in [3.8, 4) is 28.5 Å². The molecule has 1 aliphatic rings. The zero-order valence-electron chi connectivity index (χ0n) is 24.5. The van der Waals surface area contributed by atoms with Crippen LogP contribution in [-0.2, 0) is 4.79 Å². The second-order valence-corrected chi connectivity index (χ2v) is 10.5. The van der Waals surface area contributed by atoms with Crippen molar-refractivity contribution in [1.82, 2.24) is 19.9 Å². The van der Waals surface area contributed by atoms with Crippen LogP contribution in [0.1, 0.15) is 12.8 Å². The summed E-state index contributed by atoms with van der Waals surface area (Å²) >= 11 is 0. The van der Waals surface area contributed by atoms with Gasteiger partial charge in [-0.05, 0) is 67.4 Å². The Labute approximate surface area is 258 Å². The molecule has 3 aromatic carbocycles. The van der Waals surface area contributed by atoms with Crippen molar-refractivity contribution in [2.75, 3.05) is 30.8 Å². The van der Waals surface area contributed by atoms with Crippen molar-refractivity contribution in [3.63, 3.8) is 0 Å². The molecule has 45 heavy (non-hydrogen) atoms. The molecule has 228 valence electrons. The Kier molecular flexibility index (Phi) is 8.50. The summed E-state index contributed by atoms with van der Waals surface area (Å²) in [4.78, 5) is 26.8. The fourth-order valence-electron chi connectivity index (χ4n) is 5.24. The number of piperidine rings is 1. The van der Waals surface area contributed by atoms with E-state index in [0.29, 0.717) is 52.8 Å². The second kappa shape index (κ2) is 13.0. The number of fused-ring (bicyclic) bond motifs is 1. The predicted molar refractivity (Wildman–Crippen MR) is 169 cm³/mol. The Balaban J connectivity index is 1.19. The number of methoxy groups -OCH3 is 1. The van der Waals surface area contributed by atoms with Crippen LogP contribution >= 0.6 is 0 Å². The van der Waals surface area contributed by atoms with E-state index in [-0.39, 0.29) is 23.5 Å². The van der Waals surface area contributed by atoms with Crippen LogP contribution in [0.2, 0.25) is 0 Å². The minimum absolute atomic E-state index is 0.0650. The normalized spacial score (nSPS) is 13.4. The highest BCUT2D eigenvalue weighted by molar-refractivity contribution is 5.95. The average Bonchev–Trinajstić information content (AvgIpc) is 3.06. The number of pyridine rings is 1. The molecule has 1 fully saturated rings. The van der Waals surface area contributed by atoms with Crippen LogP contribution in [0.3, 0.4) is 0 Å². The molecule has 0 atom stereocenters. The number of nitrogens with zero attached hydrogens (tertiary/aromatic N) is 4. The number of carbonyl (C=O) groups excluding carboxylic acids is 1. The number of anilines is 3. The molecule has 3 heterocycles. The third-order valence-corrected chi connectivity index (χ3v) is 7.60. The van der Waals surface area contributed by atoms with Gasteiger partial charge in [-0.15, -0.1) is 0 Å². The van der Waals surface area contributed by atoms with E-state index in [2.05, 4.69) is 32.2 Å². The molecule has 0 unspecified atom stereocenters. The van der Waals surface area contributed by atoms with Gasteiger partial charge in [-0.25, -0.2) is 18.7 Å². The van der Waals surface area contributed by atoms with E-state index in [0.717, 1.165) is 24.1 Å². The Hall–Kier alpha value is -5.58. The quantitative estimate of drug-likeness (QED) is 0.171. The molecular weight excluding hydrogens is 578 g/mol. The fraction of sp³-hybridized carbons (Fsp3) is 0.176. The molecule has 0 saturated carbocycles. The molecule has 0 aliphatic carbocycles. The van der Waals surface area contributed by atoms with E-state index in [1.165, 1.54) is 30.6 Å². The lowest BCUT2D eigenvalue weighted by Crippen LogP contribution is -2.41. The number of halogens is 2. The van der Waals surface area contributed by atoms with E-state index in [1.807, 2.05) is 12.1 Å². The summed E-state index contributed by atoms with van der Waals surface area (Å²) in [5.74, 6) is 0.838. The number of rotatable bonds is 9. The predicted octanol–water partition coefficient (Wildman–Crippen LogP) is 7.10. The highest BCUT2D eigenvalue weighted by atomic mass is 19.1. The molecular formula is C34H30F2N6O3. The third kappa shape index (κ3) is 6.67. The van der Waals surface area contributed by atoms with Gasteiger partial charge >= 0.3 is 0 Å². The number of carbonyl (C=O) groups is 1. The molecule has 0 spiro atoms. The lowest BCUT2D eigenvalue weighted by atomic mass is 10.0. The van der Waals surface area contributed by atoms with Crippen molar-refractivity contribution < 1.29 is 23.0 Å². The summed E-state index contributed by atoms with van der Waals surface area (Å²) in [5, 5.41) is 7.30. The summed E-state index contributed by atoms with van der Waals surface area (Å²) < 4.78 is 40.2. The van der Waals surface area contributed by atoms with Gasteiger partial charge in [0.05, 0.1) is 29.7 Å². The van der Waals surface area contributed by atoms with Gasteiger partial charge in [-0.3, -0.25) is 9.78 Å². The first kappa shape index (κ1) is 29.5. The number of hydrogen-bond donors (Lipinski definition) is 2. The van der Waals surface area contributed by atoms with Crippen LogP contribution in [0.4, 0.5) is 26.0 Å². The van der Waals surface area contributed by atoms with Gasteiger partial charge in [0, 0.05) is 54.5 Å². The van der Waals surface area contributed by atoms with Crippen molar-refractivity contribution in [1.29, 1.82) is 0 Å². The number of benzene rings is 3. The van der Waals surface area contributed by atoms with Gasteiger partial charge < -0.3 is 25.0 Å². The summed E-state index contributed by atoms with van der Waals surface area (Å²) in [6.07, 6.45) is 5.85. The number of nitrogens with one attached hydrogen (secondary N) is 2. The molecule has 1 saturated heterocycles. The van der Waals surface area contributed by atoms with Crippen LogP contribution in [0, 0.1) is 11.6 Å². The zero-order chi connectivity index (χ0) is 31.3. The van der Waals surface area contributed by atoms with Crippen LogP contribution in [0.15, 0.2) is 91.9 Å². The summed E-state index contributed by atoms with van der Waals surface area (Å²) in [6.45, 7) is 4.83. The Bertz CT molecular complexity index is 1860. The Morgan fingerprint density at radius 1 is 0.956 bits per heavy atom. The second-order valence-electron chi connectivity index (χ2n) is 10.5. The van der Waals surface area contributed by atoms with Crippen molar-refractivity contribution in [2.24, 2.45) is 0 Å². The maximum absolute atomic E-state index is 15.3.